The highest BCUT2D eigenvalue weighted by atomic mass is 35.5. The molecule has 2 aromatic rings. The number of hydrogen-bond donors (Lipinski definition) is 1. The fraction of sp³-hybridized carbons (Fsp3) is 0.235. The molecule has 1 aliphatic heterocycles. The van der Waals surface area contributed by atoms with Gasteiger partial charge in [0.05, 0.1) is 39.4 Å². The van der Waals surface area contributed by atoms with Crippen molar-refractivity contribution in [2.75, 3.05) is 31.6 Å². The van der Waals surface area contributed by atoms with Crippen molar-refractivity contribution >= 4 is 44.8 Å². The predicted octanol–water partition coefficient (Wildman–Crippen LogP) is 3.27. The zero-order valence-corrected chi connectivity index (χ0v) is 15.9. The second kappa shape index (κ2) is 7.94. The molecule has 1 heterocycles. The fourth-order valence-electron chi connectivity index (χ4n) is 2.53. The van der Waals surface area contributed by atoms with Crippen LogP contribution in [0.3, 0.4) is 0 Å². The van der Waals surface area contributed by atoms with Gasteiger partial charge in [-0.1, -0.05) is 35.3 Å². The number of morpholine rings is 1. The number of nitrogens with zero attached hydrogens (tertiary/aromatic N) is 1. The van der Waals surface area contributed by atoms with Gasteiger partial charge in [-0.25, -0.2) is 8.42 Å². The molecular weight excluding hydrogens is 399 g/mol. The van der Waals surface area contributed by atoms with Crippen LogP contribution in [0.1, 0.15) is 10.4 Å². The van der Waals surface area contributed by atoms with Crippen molar-refractivity contribution in [1.29, 1.82) is 0 Å². The van der Waals surface area contributed by atoms with Crippen LogP contribution in [0.5, 0.6) is 0 Å². The number of rotatable bonds is 4. The molecule has 26 heavy (non-hydrogen) atoms. The van der Waals surface area contributed by atoms with Gasteiger partial charge in [0, 0.05) is 13.1 Å². The molecule has 0 aliphatic carbocycles. The Morgan fingerprint density at radius 2 is 1.73 bits per heavy atom. The molecule has 1 saturated heterocycles. The third-order valence-electron chi connectivity index (χ3n) is 3.91. The van der Waals surface area contributed by atoms with Gasteiger partial charge in [-0.3, -0.25) is 4.79 Å². The van der Waals surface area contributed by atoms with Crippen molar-refractivity contribution in [3.63, 3.8) is 0 Å². The smallest absolute Gasteiger partial charge is 0.257 e. The summed E-state index contributed by atoms with van der Waals surface area (Å²) in [6.07, 6.45) is 0. The monoisotopic (exact) mass is 414 g/mol. The van der Waals surface area contributed by atoms with Crippen molar-refractivity contribution in [1.82, 2.24) is 4.31 Å². The van der Waals surface area contributed by atoms with Crippen LogP contribution in [0.2, 0.25) is 10.0 Å². The first kappa shape index (κ1) is 19.1. The maximum absolute atomic E-state index is 12.8. The Bertz CT molecular complexity index is 928. The van der Waals surface area contributed by atoms with Crippen LogP contribution in [0.25, 0.3) is 0 Å². The fourth-order valence-corrected chi connectivity index (χ4v) is 4.35. The molecule has 1 fully saturated rings. The van der Waals surface area contributed by atoms with Crippen molar-refractivity contribution in [2.24, 2.45) is 0 Å². The second-order valence-corrected chi connectivity index (χ2v) is 8.34. The molecule has 0 radical (unpaired) electrons. The minimum Gasteiger partial charge on any atom is -0.379 e. The van der Waals surface area contributed by atoms with Crippen molar-refractivity contribution in [3.05, 3.63) is 58.1 Å². The summed E-state index contributed by atoms with van der Waals surface area (Å²) in [7, 11) is -3.73. The molecule has 0 aromatic heterocycles. The molecule has 138 valence electrons. The Kier molecular flexibility index (Phi) is 5.84. The van der Waals surface area contributed by atoms with E-state index in [4.69, 9.17) is 27.9 Å². The number of anilines is 1. The SMILES string of the molecule is O=C(Nc1ccccc1Cl)c1cc(S(=O)(=O)N2CCOCC2)ccc1Cl. The molecule has 6 nitrogen and oxygen atoms in total. The van der Waals surface area contributed by atoms with Crippen molar-refractivity contribution in [2.45, 2.75) is 4.90 Å². The van der Waals surface area contributed by atoms with E-state index in [0.717, 1.165) is 0 Å². The summed E-state index contributed by atoms with van der Waals surface area (Å²) in [5.41, 5.74) is 0.470. The lowest BCUT2D eigenvalue weighted by Gasteiger charge is -2.26. The molecule has 1 N–H and O–H groups in total. The summed E-state index contributed by atoms with van der Waals surface area (Å²) >= 11 is 12.1. The topological polar surface area (TPSA) is 75.7 Å². The lowest BCUT2D eigenvalue weighted by atomic mass is 10.2. The summed E-state index contributed by atoms with van der Waals surface area (Å²) in [6, 6.07) is 10.8. The number of ether oxygens (including phenoxy) is 1. The third-order valence-corrected chi connectivity index (χ3v) is 6.47. The highest BCUT2D eigenvalue weighted by Gasteiger charge is 2.27. The Labute approximate surface area is 161 Å². The van der Waals surface area contributed by atoms with Gasteiger partial charge in [-0.15, -0.1) is 0 Å². The second-order valence-electron chi connectivity index (χ2n) is 5.59. The molecular formula is C17H16Cl2N2O4S. The normalized spacial score (nSPS) is 15.6. The van der Waals surface area contributed by atoms with Gasteiger partial charge in [0.25, 0.3) is 5.91 Å². The number of hydrogen-bond acceptors (Lipinski definition) is 4. The summed E-state index contributed by atoms with van der Waals surface area (Å²) in [5.74, 6) is -0.540. The van der Waals surface area contributed by atoms with Gasteiger partial charge < -0.3 is 10.1 Å². The van der Waals surface area contributed by atoms with E-state index in [1.807, 2.05) is 0 Å². The number of carbonyl (C=O) groups excluding carboxylic acids is 1. The lowest BCUT2D eigenvalue weighted by Crippen LogP contribution is -2.40. The molecule has 9 heteroatoms. The minimum absolute atomic E-state index is 0.00751. The van der Waals surface area contributed by atoms with Crippen LogP contribution in [0.4, 0.5) is 5.69 Å². The van der Waals surface area contributed by atoms with E-state index in [-0.39, 0.29) is 28.6 Å². The van der Waals surface area contributed by atoms with E-state index in [0.29, 0.717) is 23.9 Å². The van der Waals surface area contributed by atoms with Crippen LogP contribution in [0, 0.1) is 0 Å². The highest BCUT2D eigenvalue weighted by Crippen LogP contribution is 2.26. The van der Waals surface area contributed by atoms with E-state index in [9.17, 15) is 13.2 Å². The molecule has 3 rings (SSSR count). The number of sulfonamides is 1. The Morgan fingerprint density at radius 1 is 1.04 bits per heavy atom. The predicted molar refractivity (Wildman–Crippen MR) is 100 cm³/mol. The van der Waals surface area contributed by atoms with Gasteiger partial charge in [-0.05, 0) is 30.3 Å². The maximum atomic E-state index is 12.8. The minimum atomic E-state index is -3.73. The summed E-state index contributed by atoms with van der Waals surface area (Å²) < 4.78 is 32.0. The molecule has 0 saturated carbocycles. The van der Waals surface area contributed by atoms with E-state index in [2.05, 4.69) is 5.32 Å². The van der Waals surface area contributed by atoms with Crippen LogP contribution in [-0.4, -0.2) is 44.9 Å². The number of para-hydroxylation sites is 1. The highest BCUT2D eigenvalue weighted by molar-refractivity contribution is 7.89. The Balaban J connectivity index is 1.90. The zero-order chi connectivity index (χ0) is 18.7. The van der Waals surface area contributed by atoms with E-state index in [1.54, 1.807) is 24.3 Å². The van der Waals surface area contributed by atoms with Crippen LogP contribution in [-0.2, 0) is 14.8 Å². The van der Waals surface area contributed by atoms with Gasteiger partial charge >= 0.3 is 0 Å². The lowest BCUT2D eigenvalue weighted by molar-refractivity contribution is 0.0730. The number of nitrogens with one attached hydrogen (secondary N) is 1. The van der Waals surface area contributed by atoms with Gasteiger partial charge in [-0.2, -0.15) is 4.31 Å². The van der Waals surface area contributed by atoms with Crippen LogP contribution >= 0.6 is 23.2 Å². The molecule has 0 spiro atoms. The van der Waals surface area contributed by atoms with Crippen molar-refractivity contribution in [3.8, 4) is 0 Å². The van der Waals surface area contributed by atoms with Crippen LogP contribution < -0.4 is 5.32 Å². The molecule has 1 aliphatic rings. The van der Waals surface area contributed by atoms with Gasteiger partial charge in [0.1, 0.15) is 0 Å². The Morgan fingerprint density at radius 3 is 2.42 bits per heavy atom. The zero-order valence-electron chi connectivity index (χ0n) is 13.6. The van der Waals surface area contributed by atoms with Gasteiger partial charge in [0.15, 0.2) is 0 Å². The third kappa shape index (κ3) is 4.02. The van der Waals surface area contributed by atoms with E-state index in [1.165, 1.54) is 22.5 Å². The number of carbonyl (C=O) groups is 1. The quantitative estimate of drug-likeness (QED) is 0.832. The van der Waals surface area contributed by atoms with Crippen LogP contribution in [0.15, 0.2) is 47.4 Å². The number of amides is 1. The average Bonchev–Trinajstić information content (AvgIpc) is 2.64. The largest absolute Gasteiger partial charge is 0.379 e. The van der Waals surface area contributed by atoms with Gasteiger partial charge in [0.2, 0.25) is 10.0 Å². The summed E-state index contributed by atoms with van der Waals surface area (Å²) in [6.45, 7) is 1.22. The number of halogens is 2. The summed E-state index contributed by atoms with van der Waals surface area (Å²) in [4.78, 5) is 12.6. The molecule has 0 bridgehead atoms. The summed E-state index contributed by atoms with van der Waals surface area (Å²) in [5, 5.41) is 3.16. The molecule has 2 aromatic carbocycles. The first-order valence-electron chi connectivity index (χ1n) is 7.83. The average molecular weight is 415 g/mol. The maximum Gasteiger partial charge on any atom is 0.257 e. The Hall–Kier alpha value is -1.64. The van der Waals surface area contributed by atoms with Crippen molar-refractivity contribution < 1.29 is 17.9 Å². The standard InChI is InChI=1S/C17H16Cl2N2O4S/c18-14-6-5-12(26(23,24)21-7-9-25-10-8-21)11-13(14)17(22)20-16-4-2-1-3-15(16)19/h1-6,11H,7-10H2,(H,20,22). The first-order valence-corrected chi connectivity index (χ1v) is 10.0. The molecule has 1 amide bonds. The molecule has 0 atom stereocenters. The van der Waals surface area contributed by atoms with E-state index >= 15 is 0 Å². The molecule has 0 unspecified atom stereocenters. The first-order chi connectivity index (χ1) is 12.4. The number of benzene rings is 2. The van der Waals surface area contributed by atoms with E-state index < -0.39 is 15.9 Å².